The van der Waals surface area contributed by atoms with E-state index in [1.807, 2.05) is 6.07 Å². The third-order valence-corrected chi connectivity index (χ3v) is 2.01. The molecule has 0 saturated heterocycles. The van der Waals surface area contributed by atoms with Crippen LogP contribution < -0.4 is 10.4 Å². The van der Waals surface area contributed by atoms with Crippen molar-refractivity contribution < 1.29 is 9.94 Å². The Hall–Kier alpha value is -1.33. The molecule has 0 bridgehead atoms. The molecule has 2 N–H and O–H groups in total. The van der Waals surface area contributed by atoms with Crippen LogP contribution in [0.4, 0.5) is 11.5 Å². The van der Waals surface area contributed by atoms with E-state index in [9.17, 15) is 0 Å². The highest BCUT2D eigenvalue weighted by atomic mass is 16.7. The fraction of sp³-hybridized carbons (Fsp3) is 0.444. The summed E-state index contributed by atoms with van der Waals surface area (Å²) in [5.41, 5.74) is 1.61. The molecule has 0 saturated carbocycles. The van der Waals surface area contributed by atoms with Crippen molar-refractivity contribution in [1.29, 1.82) is 0 Å². The second-order valence-electron chi connectivity index (χ2n) is 2.79. The minimum Gasteiger partial charge on any atom is -0.392 e. The molecule has 0 unspecified atom stereocenters. The Morgan fingerprint density at radius 3 is 2.86 bits per heavy atom. The maximum Gasteiger partial charge on any atom is 0.154 e. The van der Waals surface area contributed by atoms with Gasteiger partial charge in [0.2, 0.25) is 0 Å². The number of anilines is 2. The molecule has 0 aliphatic heterocycles. The summed E-state index contributed by atoms with van der Waals surface area (Å²) in [6.07, 6.45) is 1.62. The molecule has 5 nitrogen and oxygen atoms in total. The lowest BCUT2D eigenvalue weighted by Crippen LogP contribution is -2.16. The number of aromatic nitrogens is 1. The van der Waals surface area contributed by atoms with Crippen molar-refractivity contribution in [2.45, 2.75) is 6.61 Å². The van der Waals surface area contributed by atoms with Gasteiger partial charge >= 0.3 is 0 Å². The Morgan fingerprint density at radius 2 is 2.36 bits per heavy atom. The minimum absolute atomic E-state index is 0.0276. The molecule has 1 rings (SSSR count). The van der Waals surface area contributed by atoms with E-state index in [-0.39, 0.29) is 6.61 Å². The van der Waals surface area contributed by atoms with Gasteiger partial charge < -0.3 is 10.4 Å². The summed E-state index contributed by atoms with van der Waals surface area (Å²) in [5, 5.41) is 13.5. The number of rotatable bonds is 4. The average molecular weight is 197 g/mol. The number of hydroxylamine groups is 1. The van der Waals surface area contributed by atoms with E-state index in [0.29, 0.717) is 5.82 Å². The zero-order valence-electron chi connectivity index (χ0n) is 8.61. The quantitative estimate of drug-likeness (QED) is 0.693. The standard InChI is InChI=1S/C9H15N3O2/c1-10-8-4-9(12(2)14-3)11-5-7(8)6-13/h4-5,13H,6H2,1-3H3,(H,10,11). The molecule has 0 spiro atoms. The normalized spacial score (nSPS) is 10.0. The summed E-state index contributed by atoms with van der Waals surface area (Å²) >= 11 is 0. The molecule has 1 heterocycles. The molecule has 0 amide bonds. The first-order valence-electron chi connectivity index (χ1n) is 4.28. The molecule has 0 aromatic carbocycles. The summed E-state index contributed by atoms with van der Waals surface area (Å²) in [4.78, 5) is 9.12. The van der Waals surface area contributed by atoms with Crippen molar-refractivity contribution in [3.63, 3.8) is 0 Å². The Labute approximate surface area is 83.3 Å². The predicted octanol–water partition coefficient (Wildman–Crippen LogP) is 0.613. The number of hydrogen-bond acceptors (Lipinski definition) is 5. The fourth-order valence-electron chi connectivity index (χ4n) is 1.10. The molecule has 1 aromatic heterocycles. The van der Waals surface area contributed by atoms with Gasteiger partial charge in [-0.3, -0.25) is 4.84 Å². The molecule has 0 fully saturated rings. The highest BCUT2D eigenvalue weighted by molar-refractivity contribution is 5.56. The van der Waals surface area contributed by atoms with E-state index in [2.05, 4.69) is 10.3 Å². The lowest BCUT2D eigenvalue weighted by Gasteiger charge is -2.16. The van der Waals surface area contributed by atoms with Crippen molar-refractivity contribution >= 4 is 11.5 Å². The average Bonchev–Trinajstić information content (AvgIpc) is 2.26. The van der Waals surface area contributed by atoms with Crippen LogP contribution in [-0.4, -0.2) is 31.3 Å². The third kappa shape index (κ3) is 2.12. The molecule has 1 aromatic rings. The Kier molecular flexibility index (Phi) is 3.67. The topological polar surface area (TPSA) is 57.6 Å². The van der Waals surface area contributed by atoms with Crippen LogP contribution in [0.1, 0.15) is 5.56 Å². The van der Waals surface area contributed by atoms with E-state index in [1.165, 1.54) is 0 Å². The van der Waals surface area contributed by atoms with Crippen molar-refractivity contribution in [3.8, 4) is 0 Å². The van der Waals surface area contributed by atoms with E-state index >= 15 is 0 Å². The van der Waals surface area contributed by atoms with Crippen molar-refractivity contribution in [2.75, 3.05) is 31.6 Å². The van der Waals surface area contributed by atoms with Crippen LogP contribution in [0.5, 0.6) is 0 Å². The molecular formula is C9H15N3O2. The van der Waals surface area contributed by atoms with E-state index in [1.54, 1.807) is 32.5 Å². The molecule has 0 aliphatic rings. The minimum atomic E-state index is -0.0276. The predicted molar refractivity (Wildman–Crippen MR) is 55.1 cm³/mol. The number of aliphatic hydroxyl groups excluding tert-OH is 1. The highest BCUT2D eigenvalue weighted by Gasteiger charge is 2.05. The number of nitrogens with zero attached hydrogens (tertiary/aromatic N) is 2. The van der Waals surface area contributed by atoms with Crippen LogP contribution in [0, 0.1) is 0 Å². The zero-order valence-corrected chi connectivity index (χ0v) is 8.61. The maximum atomic E-state index is 9.01. The second kappa shape index (κ2) is 4.78. The zero-order chi connectivity index (χ0) is 10.6. The van der Waals surface area contributed by atoms with Crippen molar-refractivity contribution in [2.24, 2.45) is 0 Å². The molecule has 0 radical (unpaired) electrons. The smallest absolute Gasteiger partial charge is 0.154 e. The maximum absolute atomic E-state index is 9.01. The molecule has 0 atom stereocenters. The highest BCUT2D eigenvalue weighted by Crippen LogP contribution is 2.19. The van der Waals surface area contributed by atoms with Gasteiger partial charge in [0.1, 0.15) is 0 Å². The summed E-state index contributed by atoms with van der Waals surface area (Å²) in [6, 6.07) is 1.81. The van der Waals surface area contributed by atoms with Crippen LogP contribution >= 0.6 is 0 Å². The van der Waals surface area contributed by atoms with Crippen molar-refractivity contribution in [1.82, 2.24) is 4.98 Å². The van der Waals surface area contributed by atoms with Crippen LogP contribution in [0.25, 0.3) is 0 Å². The number of aliphatic hydroxyl groups is 1. The molecule has 14 heavy (non-hydrogen) atoms. The van der Waals surface area contributed by atoms with Gasteiger partial charge in [-0.15, -0.1) is 0 Å². The SMILES string of the molecule is CNc1cc(N(C)OC)ncc1CO. The fourth-order valence-corrected chi connectivity index (χ4v) is 1.10. The summed E-state index contributed by atoms with van der Waals surface area (Å²) in [6.45, 7) is -0.0276. The van der Waals surface area contributed by atoms with E-state index < -0.39 is 0 Å². The van der Waals surface area contributed by atoms with Crippen LogP contribution in [-0.2, 0) is 11.4 Å². The van der Waals surface area contributed by atoms with Crippen LogP contribution in [0.15, 0.2) is 12.3 Å². The lowest BCUT2D eigenvalue weighted by atomic mass is 10.2. The van der Waals surface area contributed by atoms with Gasteiger partial charge in [0.25, 0.3) is 0 Å². The second-order valence-corrected chi connectivity index (χ2v) is 2.79. The number of hydrogen-bond donors (Lipinski definition) is 2. The molecular weight excluding hydrogens is 182 g/mol. The van der Waals surface area contributed by atoms with Gasteiger partial charge in [0.05, 0.1) is 13.7 Å². The van der Waals surface area contributed by atoms with Crippen LogP contribution in [0.3, 0.4) is 0 Å². The molecule has 0 aliphatic carbocycles. The van der Waals surface area contributed by atoms with E-state index in [4.69, 9.17) is 9.94 Å². The third-order valence-electron chi connectivity index (χ3n) is 2.01. The van der Waals surface area contributed by atoms with Gasteiger partial charge in [-0.2, -0.15) is 0 Å². The molecule has 5 heteroatoms. The van der Waals surface area contributed by atoms with Crippen molar-refractivity contribution in [3.05, 3.63) is 17.8 Å². The van der Waals surface area contributed by atoms with Gasteiger partial charge in [0.15, 0.2) is 5.82 Å². The monoisotopic (exact) mass is 197 g/mol. The first kappa shape index (κ1) is 10.7. The number of nitrogens with one attached hydrogen (secondary N) is 1. The largest absolute Gasteiger partial charge is 0.392 e. The van der Waals surface area contributed by atoms with Crippen LogP contribution in [0.2, 0.25) is 0 Å². The Bertz CT molecular complexity index is 304. The Balaban J connectivity index is 3.01. The van der Waals surface area contributed by atoms with E-state index in [0.717, 1.165) is 11.3 Å². The summed E-state index contributed by atoms with van der Waals surface area (Å²) in [7, 11) is 5.13. The van der Waals surface area contributed by atoms with Gasteiger partial charge in [0, 0.05) is 37.6 Å². The summed E-state index contributed by atoms with van der Waals surface area (Å²) in [5.74, 6) is 0.689. The van der Waals surface area contributed by atoms with Gasteiger partial charge in [-0.05, 0) is 0 Å². The first-order valence-corrected chi connectivity index (χ1v) is 4.28. The Morgan fingerprint density at radius 1 is 1.64 bits per heavy atom. The molecule has 78 valence electrons. The van der Waals surface area contributed by atoms with Gasteiger partial charge in [-0.1, -0.05) is 0 Å². The number of pyridine rings is 1. The lowest BCUT2D eigenvalue weighted by molar-refractivity contribution is 0.182. The first-order chi connectivity index (χ1) is 6.72. The summed E-state index contributed by atoms with van der Waals surface area (Å²) < 4.78 is 0. The van der Waals surface area contributed by atoms with Gasteiger partial charge in [-0.25, -0.2) is 10.0 Å².